The van der Waals surface area contributed by atoms with Gasteiger partial charge < -0.3 is 4.74 Å². The molecule has 3 aromatic rings. The molecule has 0 fully saturated rings. The van der Waals surface area contributed by atoms with Crippen LogP contribution in [0.3, 0.4) is 0 Å². The number of aryl methyl sites for hydroxylation is 2. The van der Waals surface area contributed by atoms with E-state index < -0.39 is 18.2 Å². The minimum Gasteiger partial charge on any atom is -0.444 e. The van der Waals surface area contributed by atoms with Gasteiger partial charge in [0.25, 0.3) is 0 Å². The molecule has 24 heavy (non-hydrogen) atoms. The van der Waals surface area contributed by atoms with Gasteiger partial charge in [0.1, 0.15) is 5.56 Å². The summed E-state index contributed by atoms with van der Waals surface area (Å²) in [6.45, 7) is 1.50. The number of aromatic nitrogens is 5. The van der Waals surface area contributed by atoms with Gasteiger partial charge in [-0.05, 0) is 13.0 Å². The average Bonchev–Trinajstić information content (AvgIpc) is 3.05. The minimum atomic E-state index is -4.77. The van der Waals surface area contributed by atoms with Crippen LogP contribution in [0.1, 0.15) is 27.7 Å². The molecule has 0 saturated heterocycles. The zero-order valence-corrected chi connectivity index (χ0v) is 12.7. The van der Waals surface area contributed by atoms with E-state index in [2.05, 4.69) is 15.2 Å². The molecule has 0 aliphatic heterocycles. The quantitative estimate of drug-likeness (QED) is 0.684. The minimum absolute atomic E-state index is 0.103. The molecule has 7 nitrogen and oxygen atoms in total. The zero-order valence-electron chi connectivity index (χ0n) is 12.7. The van der Waals surface area contributed by atoms with Crippen molar-refractivity contribution < 1.29 is 22.7 Å². The third-order valence-corrected chi connectivity index (χ3v) is 3.32. The first kappa shape index (κ1) is 16.0. The van der Waals surface area contributed by atoms with Crippen LogP contribution in [0, 0.1) is 6.92 Å². The highest BCUT2D eigenvalue weighted by Crippen LogP contribution is 2.36. The standard InChI is InChI=1S/C14H12F3N5O2/c1-8-10(12-18-4-3-5-22(12)20-8)13(23)24-11(14(15,16)17)9-6-19-21(2)7-9/h3-7,11H,1-2H3/t11-/m0/s1. The van der Waals surface area contributed by atoms with Gasteiger partial charge in [-0.25, -0.2) is 14.3 Å². The van der Waals surface area contributed by atoms with Crippen molar-refractivity contribution >= 4 is 11.6 Å². The second-order valence-corrected chi connectivity index (χ2v) is 5.12. The van der Waals surface area contributed by atoms with E-state index in [1.165, 1.54) is 35.6 Å². The fraction of sp³-hybridized carbons (Fsp3) is 0.286. The van der Waals surface area contributed by atoms with E-state index in [9.17, 15) is 18.0 Å². The lowest BCUT2D eigenvalue weighted by atomic mass is 10.2. The predicted octanol–water partition coefficient (Wildman–Crippen LogP) is 2.23. The number of rotatable bonds is 3. The molecule has 0 radical (unpaired) electrons. The van der Waals surface area contributed by atoms with E-state index in [-0.39, 0.29) is 22.5 Å². The van der Waals surface area contributed by atoms with Crippen molar-refractivity contribution in [3.8, 4) is 0 Å². The molecule has 0 aliphatic rings. The highest BCUT2D eigenvalue weighted by Gasteiger charge is 2.45. The van der Waals surface area contributed by atoms with Crippen LogP contribution < -0.4 is 0 Å². The van der Waals surface area contributed by atoms with Gasteiger partial charge in [0.15, 0.2) is 5.65 Å². The maximum atomic E-state index is 13.3. The molecule has 0 N–H and O–H groups in total. The van der Waals surface area contributed by atoms with Gasteiger partial charge in [-0.2, -0.15) is 23.4 Å². The molecule has 0 unspecified atom stereocenters. The Bertz CT molecular complexity index is 899. The largest absolute Gasteiger partial charge is 0.444 e. The van der Waals surface area contributed by atoms with E-state index in [4.69, 9.17) is 4.74 Å². The Labute approximate surface area is 133 Å². The molecular weight excluding hydrogens is 327 g/mol. The second kappa shape index (κ2) is 5.62. The number of hydrogen-bond donors (Lipinski definition) is 0. The van der Waals surface area contributed by atoms with E-state index in [0.717, 1.165) is 12.4 Å². The summed E-state index contributed by atoms with van der Waals surface area (Å²) in [7, 11) is 1.47. The summed E-state index contributed by atoms with van der Waals surface area (Å²) in [6, 6.07) is 1.59. The molecule has 0 saturated carbocycles. The van der Waals surface area contributed by atoms with Gasteiger partial charge >= 0.3 is 12.1 Å². The first-order valence-corrected chi connectivity index (χ1v) is 6.83. The summed E-state index contributed by atoms with van der Waals surface area (Å²) >= 11 is 0. The Hall–Kier alpha value is -2.91. The van der Waals surface area contributed by atoms with Crippen LogP contribution in [0.15, 0.2) is 30.9 Å². The maximum absolute atomic E-state index is 13.3. The van der Waals surface area contributed by atoms with Crippen molar-refractivity contribution in [1.29, 1.82) is 0 Å². The monoisotopic (exact) mass is 339 g/mol. The number of esters is 1. The number of halogens is 3. The van der Waals surface area contributed by atoms with Crippen molar-refractivity contribution in [2.24, 2.45) is 7.05 Å². The summed E-state index contributed by atoms with van der Waals surface area (Å²) in [5.41, 5.74) is -0.00732. The SMILES string of the molecule is Cc1nn2cccnc2c1C(=O)O[C@@H](c1cnn(C)c1)C(F)(F)F. The lowest BCUT2D eigenvalue weighted by Gasteiger charge is -2.19. The second-order valence-electron chi connectivity index (χ2n) is 5.12. The van der Waals surface area contributed by atoms with Gasteiger partial charge in [0.2, 0.25) is 6.10 Å². The lowest BCUT2D eigenvalue weighted by molar-refractivity contribution is -0.207. The fourth-order valence-corrected chi connectivity index (χ4v) is 2.30. The van der Waals surface area contributed by atoms with Crippen molar-refractivity contribution in [3.05, 3.63) is 47.7 Å². The van der Waals surface area contributed by atoms with Crippen LogP contribution in [-0.2, 0) is 11.8 Å². The summed E-state index contributed by atoms with van der Waals surface area (Å²) in [4.78, 5) is 16.3. The van der Waals surface area contributed by atoms with Crippen molar-refractivity contribution in [1.82, 2.24) is 24.4 Å². The topological polar surface area (TPSA) is 74.3 Å². The number of carbonyl (C=O) groups is 1. The summed E-state index contributed by atoms with van der Waals surface area (Å²) in [5.74, 6) is -1.15. The third kappa shape index (κ3) is 2.82. The van der Waals surface area contributed by atoms with Gasteiger partial charge in [-0.3, -0.25) is 4.68 Å². The predicted molar refractivity (Wildman–Crippen MR) is 75.1 cm³/mol. The molecule has 0 aliphatic carbocycles. The Kier molecular flexibility index (Phi) is 3.74. The molecule has 3 heterocycles. The van der Waals surface area contributed by atoms with Gasteiger partial charge in [0, 0.05) is 31.2 Å². The smallest absolute Gasteiger partial charge is 0.429 e. The molecule has 126 valence electrons. The maximum Gasteiger partial charge on any atom is 0.429 e. The first-order valence-electron chi connectivity index (χ1n) is 6.83. The lowest BCUT2D eigenvalue weighted by Crippen LogP contribution is -2.26. The van der Waals surface area contributed by atoms with Gasteiger partial charge in [-0.15, -0.1) is 0 Å². The van der Waals surface area contributed by atoms with E-state index in [0.29, 0.717) is 0 Å². The highest BCUT2D eigenvalue weighted by atomic mass is 19.4. The van der Waals surface area contributed by atoms with Crippen molar-refractivity contribution in [3.63, 3.8) is 0 Å². The first-order chi connectivity index (χ1) is 11.3. The normalized spacial score (nSPS) is 13.2. The number of nitrogens with zero attached hydrogens (tertiary/aromatic N) is 5. The van der Waals surface area contributed by atoms with Crippen LogP contribution in [0.2, 0.25) is 0 Å². The highest BCUT2D eigenvalue weighted by molar-refractivity contribution is 5.97. The number of carbonyl (C=O) groups excluding carboxylic acids is 1. The Balaban J connectivity index is 1.98. The molecule has 0 bridgehead atoms. The van der Waals surface area contributed by atoms with Crippen LogP contribution in [-0.4, -0.2) is 36.5 Å². The van der Waals surface area contributed by atoms with E-state index in [1.54, 1.807) is 6.07 Å². The van der Waals surface area contributed by atoms with Crippen LogP contribution >= 0.6 is 0 Å². The number of alkyl halides is 3. The molecule has 3 rings (SSSR count). The van der Waals surface area contributed by atoms with Crippen molar-refractivity contribution in [2.45, 2.75) is 19.2 Å². The summed E-state index contributed by atoms with van der Waals surface area (Å²) in [6.07, 6.45) is -2.09. The number of hydrogen-bond acceptors (Lipinski definition) is 5. The fourth-order valence-electron chi connectivity index (χ4n) is 2.30. The van der Waals surface area contributed by atoms with E-state index >= 15 is 0 Å². The van der Waals surface area contributed by atoms with Crippen molar-refractivity contribution in [2.75, 3.05) is 0 Å². The molecule has 0 aromatic carbocycles. The Morgan fingerprint density at radius 2 is 2.12 bits per heavy atom. The summed E-state index contributed by atoms with van der Waals surface area (Å²) in [5, 5.41) is 7.72. The Morgan fingerprint density at radius 1 is 1.38 bits per heavy atom. The van der Waals surface area contributed by atoms with Gasteiger partial charge in [0.05, 0.1) is 11.9 Å². The molecule has 0 amide bonds. The molecule has 3 aromatic heterocycles. The molecular formula is C14H12F3N5O2. The Morgan fingerprint density at radius 3 is 2.75 bits per heavy atom. The van der Waals surface area contributed by atoms with E-state index in [1.807, 2.05) is 0 Å². The summed E-state index contributed by atoms with van der Waals surface area (Å²) < 4.78 is 47.1. The van der Waals surface area contributed by atoms with Crippen LogP contribution in [0.5, 0.6) is 0 Å². The van der Waals surface area contributed by atoms with Crippen LogP contribution in [0.4, 0.5) is 13.2 Å². The molecule has 0 spiro atoms. The third-order valence-electron chi connectivity index (χ3n) is 3.32. The number of fused-ring (bicyclic) bond motifs is 1. The number of ether oxygens (including phenoxy) is 1. The average molecular weight is 339 g/mol. The van der Waals surface area contributed by atoms with Gasteiger partial charge in [-0.1, -0.05) is 0 Å². The zero-order chi connectivity index (χ0) is 17.5. The van der Waals surface area contributed by atoms with Crippen LogP contribution in [0.25, 0.3) is 5.65 Å². The molecule has 1 atom stereocenters. The molecule has 10 heteroatoms.